The number of nitrogens with zero attached hydrogens (tertiary/aromatic N) is 2. The van der Waals surface area contributed by atoms with Gasteiger partial charge in [-0.1, -0.05) is 0 Å². The van der Waals surface area contributed by atoms with Crippen molar-refractivity contribution in [3.05, 3.63) is 18.3 Å². The second kappa shape index (κ2) is 4.37. The monoisotopic (exact) mass is 193 g/mol. The number of aromatic nitrogens is 2. The molecule has 2 heterocycles. The standard InChI is InChI=1S/C10H15N3O/c1-8-9(4-6-14-8)7-11-10-3-2-5-12-13-10/h2-3,5,8-9H,4,6-7H2,1H3,(H,11,13). The van der Waals surface area contributed by atoms with E-state index in [9.17, 15) is 0 Å². The van der Waals surface area contributed by atoms with Gasteiger partial charge in [0.15, 0.2) is 0 Å². The predicted molar refractivity (Wildman–Crippen MR) is 54.0 cm³/mol. The largest absolute Gasteiger partial charge is 0.378 e. The van der Waals surface area contributed by atoms with E-state index in [1.54, 1.807) is 6.20 Å². The quantitative estimate of drug-likeness (QED) is 0.786. The average molecular weight is 193 g/mol. The minimum absolute atomic E-state index is 0.360. The molecule has 0 saturated carbocycles. The van der Waals surface area contributed by atoms with Crippen LogP contribution in [0.5, 0.6) is 0 Å². The van der Waals surface area contributed by atoms with Crippen molar-refractivity contribution in [2.75, 3.05) is 18.5 Å². The van der Waals surface area contributed by atoms with Crippen molar-refractivity contribution in [3.8, 4) is 0 Å². The van der Waals surface area contributed by atoms with Crippen molar-refractivity contribution < 1.29 is 4.74 Å². The molecule has 2 unspecified atom stereocenters. The topological polar surface area (TPSA) is 47.0 Å². The summed E-state index contributed by atoms with van der Waals surface area (Å²) in [5.74, 6) is 1.43. The molecule has 0 radical (unpaired) electrons. The third-order valence-electron chi connectivity index (χ3n) is 2.65. The fraction of sp³-hybridized carbons (Fsp3) is 0.600. The Bertz CT molecular complexity index is 278. The summed E-state index contributed by atoms with van der Waals surface area (Å²) >= 11 is 0. The minimum Gasteiger partial charge on any atom is -0.378 e. The van der Waals surface area contributed by atoms with Crippen LogP contribution < -0.4 is 5.32 Å². The van der Waals surface area contributed by atoms with Crippen LogP contribution in [0.15, 0.2) is 18.3 Å². The van der Waals surface area contributed by atoms with Crippen LogP contribution in [0.3, 0.4) is 0 Å². The first-order valence-electron chi connectivity index (χ1n) is 4.99. The van der Waals surface area contributed by atoms with Crippen LogP contribution in [0, 0.1) is 5.92 Å². The number of nitrogens with one attached hydrogen (secondary N) is 1. The molecule has 1 aliphatic rings. The zero-order valence-corrected chi connectivity index (χ0v) is 8.31. The van der Waals surface area contributed by atoms with Gasteiger partial charge in [-0.05, 0) is 25.5 Å². The molecule has 4 nitrogen and oxygen atoms in total. The molecule has 1 fully saturated rings. The number of hydrogen-bond donors (Lipinski definition) is 1. The van der Waals surface area contributed by atoms with E-state index < -0.39 is 0 Å². The van der Waals surface area contributed by atoms with E-state index in [0.717, 1.165) is 25.4 Å². The molecule has 1 saturated heterocycles. The zero-order valence-electron chi connectivity index (χ0n) is 8.31. The van der Waals surface area contributed by atoms with E-state index in [1.165, 1.54) is 0 Å². The summed E-state index contributed by atoms with van der Waals surface area (Å²) in [5, 5.41) is 11.0. The van der Waals surface area contributed by atoms with Crippen LogP contribution in [0.2, 0.25) is 0 Å². The van der Waals surface area contributed by atoms with Crippen LogP contribution in [0.25, 0.3) is 0 Å². The smallest absolute Gasteiger partial charge is 0.148 e. The molecule has 0 spiro atoms. The molecule has 1 N–H and O–H groups in total. The molecule has 1 aliphatic heterocycles. The van der Waals surface area contributed by atoms with E-state index in [2.05, 4.69) is 22.4 Å². The molecule has 0 aromatic carbocycles. The lowest BCUT2D eigenvalue weighted by atomic mass is 10.0. The highest BCUT2D eigenvalue weighted by Gasteiger charge is 2.23. The summed E-state index contributed by atoms with van der Waals surface area (Å²) in [6.45, 7) is 3.92. The van der Waals surface area contributed by atoms with Crippen molar-refractivity contribution in [1.82, 2.24) is 10.2 Å². The predicted octanol–water partition coefficient (Wildman–Crippen LogP) is 1.31. The van der Waals surface area contributed by atoms with Gasteiger partial charge in [0.25, 0.3) is 0 Å². The van der Waals surface area contributed by atoms with Crippen molar-refractivity contribution >= 4 is 5.82 Å². The fourth-order valence-corrected chi connectivity index (χ4v) is 1.68. The Kier molecular flexibility index (Phi) is 2.93. The molecule has 4 heteroatoms. The van der Waals surface area contributed by atoms with Gasteiger partial charge in [0.1, 0.15) is 5.82 Å². The summed E-state index contributed by atoms with van der Waals surface area (Å²) in [4.78, 5) is 0. The maximum absolute atomic E-state index is 5.48. The van der Waals surface area contributed by atoms with Crippen molar-refractivity contribution in [2.45, 2.75) is 19.4 Å². The van der Waals surface area contributed by atoms with Crippen LogP contribution in [-0.4, -0.2) is 29.5 Å². The highest BCUT2D eigenvalue weighted by atomic mass is 16.5. The molecule has 0 amide bonds. The molecule has 76 valence electrons. The van der Waals surface area contributed by atoms with Gasteiger partial charge in [0.05, 0.1) is 6.10 Å². The lowest BCUT2D eigenvalue weighted by Crippen LogP contribution is -2.21. The molecule has 1 aromatic rings. The minimum atomic E-state index is 0.360. The van der Waals surface area contributed by atoms with Crippen LogP contribution in [0.1, 0.15) is 13.3 Å². The van der Waals surface area contributed by atoms with Gasteiger partial charge in [-0.2, -0.15) is 5.10 Å². The summed E-state index contributed by atoms with van der Waals surface area (Å²) < 4.78 is 5.48. The van der Waals surface area contributed by atoms with Crippen molar-refractivity contribution in [1.29, 1.82) is 0 Å². The Morgan fingerprint density at radius 1 is 1.64 bits per heavy atom. The van der Waals surface area contributed by atoms with Crippen LogP contribution in [0.4, 0.5) is 5.82 Å². The maximum atomic E-state index is 5.48. The lowest BCUT2D eigenvalue weighted by Gasteiger charge is -2.14. The van der Waals surface area contributed by atoms with Crippen molar-refractivity contribution in [3.63, 3.8) is 0 Å². The van der Waals surface area contributed by atoms with Gasteiger partial charge in [0.2, 0.25) is 0 Å². The van der Waals surface area contributed by atoms with E-state index in [4.69, 9.17) is 4.74 Å². The van der Waals surface area contributed by atoms with E-state index >= 15 is 0 Å². The first-order valence-corrected chi connectivity index (χ1v) is 4.99. The zero-order chi connectivity index (χ0) is 9.80. The second-order valence-corrected chi connectivity index (χ2v) is 3.61. The SMILES string of the molecule is CC1OCCC1CNc1cccnn1. The third-order valence-corrected chi connectivity index (χ3v) is 2.65. The van der Waals surface area contributed by atoms with Crippen LogP contribution >= 0.6 is 0 Å². The first kappa shape index (κ1) is 9.40. The summed E-state index contributed by atoms with van der Waals surface area (Å²) in [7, 11) is 0. The molecule has 2 rings (SSSR count). The Labute approximate surface area is 83.7 Å². The Morgan fingerprint density at radius 2 is 2.57 bits per heavy atom. The summed E-state index contributed by atoms with van der Waals surface area (Å²) in [6.07, 6.45) is 3.17. The molecule has 0 bridgehead atoms. The second-order valence-electron chi connectivity index (χ2n) is 3.61. The average Bonchev–Trinajstić information content (AvgIpc) is 2.63. The van der Waals surface area contributed by atoms with E-state index in [-0.39, 0.29) is 0 Å². The normalized spacial score (nSPS) is 26.4. The van der Waals surface area contributed by atoms with Gasteiger partial charge in [-0.25, -0.2) is 0 Å². The molecule has 14 heavy (non-hydrogen) atoms. The number of rotatable bonds is 3. The third kappa shape index (κ3) is 2.20. The van der Waals surface area contributed by atoms with Gasteiger partial charge in [0, 0.05) is 25.3 Å². The molecular formula is C10H15N3O. The van der Waals surface area contributed by atoms with Gasteiger partial charge in [-0.15, -0.1) is 5.10 Å². The van der Waals surface area contributed by atoms with Gasteiger partial charge < -0.3 is 10.1 Å². The molecule has 1 aromatic heterocycles. The van der Waals surface area contributed by atoms with Crippen LogP contribution in [-0.2, 0) is 4.74 Å². The maximum Gasteiger partial charge on any atom is 0.148 e. The molecule has 0 aliphatic carbocycles. The number of hydrogen-bond acceptors (Lipinski definition) is 4. The summed E-state index contributed by atoms with van der Waals surface area (Å²) in [6, 6.07) is 3.80. The number of ether oxygens (including phenoxy) is 1. The Balaban J connectivity index is 1.82. The van der Waals surface area contributed by atoms with E-state index in [0.29, 0.717) is 12.0 Å². The molecular weight excluding hydrogens is 178 g/mol. The highest BCUT2D eigenvalue weighted by molar-refractivity contribution is 5.31. The number of anilines is 1. The first-order chi connectivity index (χ1) is 6.86. The highest BCUT2D eigenvalue weighted by Crippen LogP contribution is 2.20. The Hall–Kier alpha value is -1.16. The van der Waals surface area contributed by atoms with Gasteiger partial charge >= 0.3 is 0 Å². The van der Waals surface area contributed by atoms with Crippen molar-refractivity contribution in [2.24, 2.45) is 5.92 Å². The molecule has 2 atom stereocenters. The summed E-state index contributed by atoms with van der Waals surface area (Å²) in [5.41, 5.74) is 0. The van der Waals surface area contributed by atoms with E-state index in [1.807, 2.05) is 12.1 Å². The van der Waals surface area contributed by atoms with Gasteiger partial charge in [-0.3, -0.25) is 0 Å². The lowest BCUT2D eigenvalue weighted by molar-refractivity contribution is 0.108. The Morgan fingerprint density at radius 3 is 3.21 bits per heavy atom. The fourth-order valence-electron chi connectivity index (χ4n) is 1.68.